The molecule has 22 heavy (non-hydrogen) atoms. The van der Waals surface area contributed by atoms with Crippen LogP contribution in [0.2, 0.25) is 0 Å². The number of aromatic nitrogens is 1. The van der Waals surface area contributed by atoms with Gasteiger partial charge in [0.25, 0.3) is 0 Å². The molecule has 0 aromatic carbocycles. The van der Waals surface area contributed by atoms with E-state index in [1.54, 1.807) is 17.6 Å². The molecule has 1 atom stereocenters. The quantitative estimate of drug-likeness (QED) is 0.876. The van der Waals surface area contributed by atoms with Crippen molar-refractivity contribution in [3.8, 4) is 10.8 Å². The molecule has 0 radical (unpaired) electrons. The topological polar surface area (TPSA) is 49.5 Å². The maximum absolute atomic E-state index is 9.80. The zero-order valence-electron chi connectivity index (χ0n) is 13.1. The van der Waals surface area contributed by atoms with Gasteiger partial charge in [-0.1, -0.05) is 25.3 Å². The van der Waals surface area contributed by atoms with Gasteiger partial charge in [-0.05, 0) is 31.2 Å². The van der Waals surface area contributed by atoms with E-state index in [4.69, 9.17) is 4.42 Å². The highest BCUT2D eigenvalue weighted by atomic mass is 32.1. The minimum absolute atomic E-state index is 0.314. The summed E-state index contributed by atoms with van der Waals surface area (Å²) < 4.78 is 5.61. The number of rotatable bonds is 6. The first-order valence-electron chi connectivity index (χ1n) is 8.13. The number of aliphatic hydroxyl groups is 1. The highest BCUT2D eigenvalue weighted by Crippen LogP contribution is 2.26. The molecular weight excluding hydrogens is 296 g/mol. The van der Waals surface area contributed by atoms with Crippen LogP contribution in [0.15, 0.2) is 28.2 Å². The zero-order chi connectivity index (χ0) is 15.4. The fourth-order valence-electron chi connectivity index (χ4n) is 3.23. The first-order valence-corrected chi connectivity index (χ1v) is 9.01. The third kappa shape index (κ3) is 3.97. The average molecular weight is 320 g/mol. The van der Waals surface area contributed by atoms with Crippen LogP contribution in [0.1, 0.15) is 44.7 Å². The lowest BCUT2D eigenvalue weighted by molar-refractivity contribution is 0.0759. The molecule has 1 fully saturated rings. The Kier molecular flexibility index (Phi) is 5.28. The Bertz CT molecular complexity index is 559. The third-order valence-corrected chi connectivity index (χ3v) is 5.10. The van der Waals surface area contributed by atoms with Crippen molar-refractivity contribution in [3.63, 3.8) is 0 Å². The molecule has 1 unspecified atom stereocenters. The third-order valence-electron chi connectivity index (χ3n) is 4.24. The summed E-state index contributed by atoms with van der Waals surface area (Å²) in [6.07, 6.45) is 7.81. The summed E-state index contributed by atoms with van der Waals surface area (Å²) in [6.45, 7) is 3.31. The number of oxazole rings is 1. The molecule has 0 aliphatic heterocycles. The summed E-state index contributed by atoms with van der Waals surface area (Å²) in [5.41, 5.74) is 0.953. The van der Waals surface area contributed by atoms with Gasteiger partial charge in [0, 0.05) is 19.1 Å². The zero-order valence-corrected chi connectivity index (χ0v) is 13.9. The molecule has 2 aromatic rings. The van der Waals surface area contributed by atoms with E-state index in [1.165, 1.54) is 32.1 Å². The van der Waals surface area contributed by atoms with Gasteiger partial charge in [-0.25, -0.2) is 4.98 Å². The van der Waals surface area contributed by atoms with Crippen LogP contribution in [0, 0.1) is 0 Å². The van der Waals surface area contributed by atoms with Gasteiger partial charge < -0.3 is 9.52 Å². The van der Waals surface area contributed by atoms with Gasteiger partial charge in [-0.2, -0.15) is 0 Å². The molecule has 1 saturated carbocycles. The van der Waals surface area contributed by atoms with Gasteiger partial charge in [0.1, 0.15) is 6.26 Å². The number of aliphatic hydroxyl groups excluding tert-OH is 1. The molecule has 0 spiro atoms. The number of nitrogens with zero attached hydrogens (tertiary/aromatic N) is 2. The molecule has 5 heteroatoms. The van der Waals surface area contributed by atoms with Crippen molar-refractivity contribution in [2.24, 2.45) is 0 Å². The summed E-state index contributed by atoms with van der Waals surface area (Å²) in [5, 5.41) is 11.8. The molecule has 0 bridgehead atoms. The van der Waals surface area contributed by atoms with Gasteiger partial charge >= 0.3 is 0 Å². The second kappa shape index (κ2) is 7.40. The molecule has 1 N–H and O–H groups in total. The van der Waals surface area contributed by atoms with Crippen LogP contribution in [-0.4, -0.2) is 33.7 Å². The Balaban J connectivity index is 1.69. The van der Waals surface area contributed by atoms with Crippen LogP contribution < -0.4 is 0 Å². The lowest BCUT2D eigenvalue weighted by Gasteiger charge is -2.34. The monoisotopic (exact) mass is 320 g/mol. The van der Waals surface area contributed by atoms with E-state index in [-0.39, 0.29) is 6.10 Å². The van der Waals surface area contributed by atoms with Crippen LogP contribution in [0.4, 0.5) is 0 Å². The van der Waals surface area contributed by atoms with Crippen LogP contribution >= 0.6 is 11.3 Å². The average Bonchev–Trinajstić information content (AvgIpc) is 3.18. The Morgan fingerprint density at radius 2 is 2.23 bits per heavy atom. The van der Waals surface area contributed by atoms with Crippen molar-refractivity contribution in [2.75, 3.05) is 6.54 Å². The fraction of sp³-hybridized carbons (Fsp3) is 0.588. The largest absolute Gasteiger partial charge is 0.444 e. The number of thiophene rings is 1. The van der Waals surface area contributed by atoms with Crippen LogP contribution in [0.25, 0.3) is 10.8 Å². The minimum atomic E-state index is -0.314. The molecule has 3 rings (SSSR count). The van der Waals surface area contributed by atoms with Gasteiger partial charge in [0.2, 0.25) is 5.89 Å². The molecule has 1 aliphatic carbocycles. The SMILES string of the molecule is CC(O)CN(Cc1coc(-c2cccs2)n1)C1CCCCC1. The van der Waals surface area contributed by atoms with Crippen molar-refractivity contribution in [3.05, 3.63) is 29.5 Å². The van der Waals surface area contributed by atoms with Crippen molar-refractivity contribution in [1.82, 2.24) is 9.88 Å². The summed E-state index contributed by atoms with van der Waals surface area (Å²) in [5.74, 6) is 0.700. The summed E-state index contributed by atoms with van der Waals surface area (Å²) in [7, 11) is 0. The van der Waals surface area contributed by atoms with E-state index >= 15 is 0 Å². The van der Waals surface area contributed by atoms with E-state index in [9.17, 15) is 5.11 Å². The summed E-state index contributed by atoms with van der Waals surface area (Å²) >= 11 is 1.64. The van der Waals surface area contributed by atoms with Gasteiger partial charge in [0.15, 0.2) is 0 Å². The second-order valence-corrected chi connectivity index (χ2v) is 7.14. The molecular formula is C17H24N2O2S. The van der Waals surface area contributed by atoms with E-state index in [1.807, 2.05) is 24.4 Å². The van der Waals surface area contributed by atoms with Gasteiger partial charge in [0.05, 0.1) is 16.7 Å². The highest BCUT2D eigenvalue weighted by molar-refractivity contribution is 7.13. The normalized spacial score (nSPS) is 18.0. The van der Waals surface area contributed by atoms with Crippen LogP contribution in [0.3, 0.4) is 0 Å². The van der Waals surface area contributed by atoms with Gasteiger partial charge in [-0.3, -0.25) is 4.90 Å². The van der Waals surface area contributed by atoms with Crippen molar-refractivity contribution < 1.29 is 9.52 Å². The Labute approximate surface area is 135 Å². The number of hydrogen-bond acceptors (Lipinski definition) is 5. The van der Waals surface area contributed by atoms with Crippen molar-refractivity contribution in [2.45, 2.75) is 57.7 Å². The molecule has 2 aromatic heterocycles. The molecule has 2 heterocycles. The Morgan fingerprint density at radius 3 is 2.91 bits per heavy atom. The first-order chi connectivity index (χ1) is 10.7. The lowest BCUT2D eigenvalue weighted by Crippen LogP contribution is -2.40. The molecule has 120 valence electrons. The van der Waals surface area contributed by atoms with Crippen molar-refractivity contribution >= 4 is 11.3 Å². The van der Waals surface area contributed by atoms with E-state index < -0.39 is 0 Å². The predicted molar refractivity (Wildman–Crippen MR) is 88.8 cm³/mol. The van der Waals surface area contributed by atoms with E-state index in [0.29, 0.717) is 18.5 Å². The van der Waals surface area contributed by atoms with E-state index in [0.717, 1.165) is 17.1 Å². The van der Waals surface area contributed by atoms with E-state index in [2.05, 4.69) is 9.88 Å². The Morgan fingerprint density at radius 1 is 1.41 bits per heavy atom. The molecule has 1 aliphatic rings. The molecule has 0 saturated heterocycles. The smallest absolute Gasteiger partial charge is 0.236 e. The van der Waals surface area contributed by atoms with Crippen LogP contribution in [-0.2, 0) is 6.54 Å². The minimum Gasteiger partial charge on any atom is -0.444 e. The van der Waals surface area contributed by atoms with Gasteiger partial charge in [-0.15, -0.1) is 11.3 Å². The summed E-state index contributed by atoms with van der Waals surface area (Å²) in [6, 6.07) is 4.59. The fourth-order valence-corrected chi connectivity index (χ4v) is 3.88. The highest BCUT2D eigenvalue weighted by Gasteiger charge is 2.23. The maximum atomic E-state index is 9.80. The maximum Gasteiger partial charge on any atom is 0.236 e. The Hall–Kier alpha value is -1.17. The number of hydrogen-bond donors (Lipinski definition) is 1. The standard InChI is InChI=1S/C17H24N2O2S/c1-13(20)10-19(15-6-3-2-4-7-15)11-14-12-21-17(18-14)16-8-5-9-22-16/h5,8-9,12-13,15,20H,2-4,6-7,10-11H2,1H3. The lowest BCUT2D eigenvalue weighted by atomic mass is 9.94. The van der Waals surface area contributed by atoms with Crippen molar-refractivity contribution in [1.29, 1.82) is 0 Å². The molecule has 0 amide bonds. The summed E-state index contributed by atoms with van der Waals surface area (Å²) in [4.78, 5) is 8.05. The van der Waals surface area contributed by atoms with Crippen LogP contribution in [0.5, 0.6) is 0 Å². The second-order valence-electron chi connectivity index (χ2n) is 6.19. The first kappa shape index (κ1) is 15.7. The predicted octanol–water partition coefficient (Wildman–Crippen LogP) is 3.92. The molecule has 4 nitrogen and oxygen atoms in total.